The average Bonchev–Trinajstić information content (AvgIpc) is 3.51. The van der Waals surface area contributed by atoms with Crippen molar-refractivity contribution in [3.8, 4) is 34.2 Å². The summed E-state index contributed by atoms with van der Waals surface area (Å²) in [6, 6.07) is 9.83. The minimum atomic E-state index is 0.180. The summed E-state index contributed by atoms with van der Waals surface area (Å²) in [4.78, 5) is 32.9. The summed E-state index contributed by atoms with van der Waals surface area (Å²) in [6.45, 7) is 1.55. The number of imidazole rings is 1. The molecule has 1 fully saturated rings. The van der Waals surface area contributed by atoms with Crippen LogP contribution in [-0.2, 0) is 0 Å². The van der Waals surface area contributed by atoms with Crippen molar-refractivity contribution >= 4 is 27.9 Å². The summed E-state index contributed by atoms with van der Waals surface area (Å²) >= 11 is 0. The predicted octanol–water partition coefficient (Wildman–Crippen LogP) is 2.56. The highest BCUT2D eigenvalue weighted by molar-refractivity contribution is 5.96. The number of aromatic nitrogens is 9. The van der Waals surface area contributed by atoms with Gasteiger partial charge in [0, 0.05) is 42.5 Å². The van der Waals surface area contributed by atoms with Crippen LogP contribution in [0, 0.1) is 0 Å². The minimum Gasteiger partial charge on any atom is -0.352 e. The van der Waals surface area contributed by atoms with Crippen LogP contribution in [0.3, 0.4) is 0 Å². The summed E-state index contributed by atoms with van der Waals surface area (Å²) < 4.78 is 0. The summed E-state index contributed by atoms with van der Waals surface area (Å²) in [7, 11) is 0. The van der Waals surface area contributed by atoms with Gasteiger partial charge in [-0.15, -0.1) is 0 Å². The fraction of sp³-hybridized carbons (Fsp3) is 0.125. The molecular formula is C24H19N11. The molecule has 1 aliphatic heterocycles. The summed E-state index contributed by atoms with van der Waals surface area (Å²) in [6.07, 6.45) is 8.71. The van der Waals surface area contributed by atoms with E-state index in [9.17, 15) is 0 Å². The highest BCUT2D eigenvalue weighted by atomic mass is 15.3. The molecule has 0 aromatic carbocycles. The van der Waals surface area contributed by atoms with Gasteiger partial charge in [-0.2, -0.15) is 5.10 Å². The van der Waals surface area contributed by atoms with Crippen molar-refractivity contribution < 1.29 is 0 Å². The third kappa shape index (κ3) is 3.28. The van der Waals surface area contributed by atoms with Crippen LogP contribution in [0.5, 0.6) is 0 Å². The lowest BCUT2D eigenvalue weighted by Crippen LogP contribution is -2.56. The molecule has 6 aromatic rings. The number of H-pyrrole nitrogens is 2. The standard InChI is InChI=1S/C24H19N11/c25-13-11-35(12-13)20-10-26-8-19(30-20)17-7-15-18(9-29-17)33-34-22(15)24-31-21-14(4-6-28-23(21)32-24)16-3-1-2-5-27-16/h1-10,13H,11-12,25H2,(H,33,34)(H,28,31,32). The molecule has 0 unspecified atom stereocenters. The molecule has 0 spiro atoms. The molecule has 0 atom stereocenters. The molecule has 7 rings (SSSR count). The second kappa shape index (κ2) is 7.64. The maximum atomic E-state index is 5.92. The lowest BCUT2D eigenvalue weighted by atomic mass is 10.1. The van der Waals surface area contributed by atoms with Crippen molar-refractivity contribution in [1.29, 1.82) is 0 Å². The van der Waals surface area contributed by atoms with E-state index < -0.39 is 0 Å². The SMILES string of the molecule is NC1CN(c2cncc(-c3cc4c(-c5nc6c(-c7ccccn7)ccnc6[nH]5)n[nH]c4cn3)n2)C1. The number of anilines is 1. The van der Waals surface area contributed by atoms with Gasteiger partial charge in [-0.1, -0.05) is 6.07 Å². The maximum absolute atomic E-state index is 5.92. The molecule has 11 nitrogen and oxygen atoms in total. The van der Waals surface area contributed by atoms with E-state index in [2.05, 4.69) is 40.0 Å². The Kier molecular flexibility index (Phi) is 4.29. The quantitative estimate of drug-likeness (QED) is 0.360. The number of fused-ring (bicyclic) bond motifs is 2. The molecule has 4 N–H and O–H groups in total. The van der Waals surface area contributed by atoms with Crippen molar-refractivity contribution in [2.75, 3.05) is 18.0 Å². The van der Waals surface area contributed by atoms with E-state index in [0.29, 0.717) is 28.6 Å². The zero-order valence-corrected chi connectivity index (χ0v) is 18.4. The van der Waals surface area contributed by atoms with E-state index in [4.69, 9.17) is 15.7 Å². The monoisotopic (exact) mass is 461 g/mol. The first-order chi connectivity index (χ1) is 17.2. The second-order valence-corrected chi connectivity index (χ2v) is 8.47. The van der Waals surface area contributed by atoms with Crippen molar-refractivity contribution in [1.82, 2.24) is 45.1 Å². The normalized spacial score (nSPS) is 14.0. The predicted molar refractivity (Wildman–Crippen MR) is 131 cm³/mol. The van der Waals surface area contributed by atoms with Crippen LogP contribution in [0.2, 0.25) is 0 Å². The molecule has 0 radical (unpaired) electrons. The van der Waals surface area contributed by atoms with Crippen LogP contribution in [0.1, 0.15) is 0 Å². The first-order valence-corrected chi connectivity index (χ1v) is 11.2. The van der Waals surface area contributed by atoms with Gasteiger partial charge in [-0.25, -0.2) is 15.0 Å². The third-order valence-corrected chi connectivity index (χ3v) is 6.12. The summed E-state index contributed by atoms with van der Waals surface area (Å²) in [5.74, 6) is 1.40. The number of hydrogen-bond acceptors (Lipinski definition) is 9. The molecule has 7 heterocycles. The van der Waals surface area contributed by atoms with E-state index in [1.165, 1.54) is 0 Å². The van der Waals surface area contributed by atoms with E-state index >= 15 is 0 Å². The van der Waals surface area contributed by atoms with Crippen LogP contribution >= 0.6 is 0 Å². The highest BCUT2D eigenvalue weighted by Crippen LogP contribution is 2.31. The van der Waals surface area contributed by atoms with Crippen molar-refractivity contribution in [2.24, 2.45) is 5.73 Å². The molecule has 6 aromatic heterocycles. The number of rotatable bonds is 4. The number of nitrogens with one attached hydrogen (secondary N) is 2. The van der Waals surface area contributed by atoms with Crippen LogP contribution < -0.4 is 10.6 Å². The summed E-state index contributed by atoms with van der Waals surface area (Å²) in [5, 5.41) is 8.43. The summed E-state index contributed by atoms with van der Waals surface area (Å²) in [5.41, 5.74) is 11.9. The van der Waals surface area contributed by atoms with E-state index in [-0.39, 0.29) is 6.04 Å². The Morgan fingerprint density at radius 2 is 1.86 bits per heavy atom. The van der Waals surface area contributed by atoms with Gasteiger partial charge in [-0.3, -0.25) is 20.1 Å². The molecule has 1 saturated heterocycles. The Balaban J connectivity index is 1.31. The Morgan fingerprint density at radius 3 is 2.71 bits per heavy atom. The van der Waals surface area contributed by atoms with E-state index in [1.54, 1.807) is 31.0 Å². The number of pyridine rings is 3. The zero-order chi connectivity index (χ0) is 23.4. The highest BCUT2D eigenvalue weighted by Gasteiger charge is 2.25. The van der Waals surface area contributed by atoms with Crippen LogP contribution in [0.15, 0.2) is 61.3 Å². The van der Waals surface area contributed by atoms with Gasteiger partial charge < -0.3 is 15.6 Å². The van der Waals surface area contributed by atoms with Crippen LogP contribution in [-0.4, -0.2) is 64.2 Å². The van der Waals surface area contributed by atoms with E-state index in [0.717, 1.165) is 46.6 Å². The Bertz CT molecular complexity index is 1680. The molecule has 170 valence electrons. The largest absolute Gasteiger partial charge is 0.352 e. The van der Waals surface area contributed by atoms with Gasteiger partial charge in [-0.05, 0) is 24.3 Å². The molecule has 0 amide bonds. The average molecular weight is 461 g/mol. The van der Waals surface area contributed by atoms with Gasteiger partial charge >= 0.3 is 0 Å². The van der Waals surface area contributed by atoms with Crippen molar-refractivity contribution in [2.45, 2.75) is 6.04 Å². The minimum absolute atomic E-state index is 0.180. The molecule has 11 heteroatoms. The first kappa shape index (κ1) is 19.7. The Hall–Kier alpha value is -4.77. The Morgan fingerprint density at radius 1 is 0.914 bits per heavy atom. The molecule has 0 bridgehead atoms. The van der Waals surface area contributed by atoms with Crippen LogP contribution in [0.25, 0.3) is 56.2 Å². The number of nitrogens with two attached hydrogens (primary N) is 1. The maximum Gasteiger partial charge on any atom is 0.160 e. The number of hydrogen-bond donors (Lipinski definition) is 3. The second-order valence-electron chi connectivity index (χ2n) is 8.47. The first-order valence-electron chi connectivity index (χ1n) is 11.2. The smallest absolute Gasteiger partial charge is 0.160 e. The van der Waals surface area contributed by atoms with Gasteiger partial charge in [0.2, 0.25) is 0 Å². The fourth-order valence-corrected chi connectivity index (χ4v) is 4.32. The lowest BCUT2D eigenvalue weighted by molar-refractivity contribution is 0.514. The van der Waals surface area contributed by atoms with Gasteiger partial charge in [0.1, 0.15) is 22.7 Å². The lowest BCUT2D eigenvalue weighted by Gasteiger charge is -2.37. The number of nitrogens with zero attached hydrogens (tertiary/aromatic N) is 8. The van der Waals surface area contributed by atoms with Crippen molar-refractivity contribution in [3.63, 3.8) is 0 Å². The third-order valence-electron chi connectivity index (χ3n) is 6.12. The molecule has 0 saturated carbocycles. The van der Waals surface area contributed by atoms with E-state index in [1.807, 2.05) is 30.3 Å². The number of aromatic amines is 2. The molecule has 35 heavy (non-hydrogen) atoms. The molecule has 0 aliphatic carbocycles. The van der Waals surface area contributed by atoms with Gasteiger partial charge in [0.15, 0.2) is 11.5 Å². The molecule has 1 aliphatic rings. The van der Waals surface area contributed by atoms with Gasteiger partial charge in [0.05, 0.1) is 35.5 Å². The topological polar surface area (TPSA) is 151 Å². The van der Waals surface area contributed by atoms with Crippen LogP contribution in [0.4, 0.5) is 5.82 Å². The van der Waals surface area contributed by atoms with Crippen molar-refractivity contribution in [3.05, 3.63) is 61.3 Å². The zero-order valence-electron chi connectivity index (χ0n) is 18.4. The fourth-order valence-electron chi connectivity index (χ4n) is 4.32. The van der Waals surface area contributed by atoms with Gasteiger partial charge in [0.25, 0.3) is 0 Å². The Labute approximate surface area is 198 Å². The molecular weight excluding hydrogens is 442 g/mol.